The van der Waals surface area contributed by atoms with Gasteiger partial charge in [0.15, 0.2) is 0 Å². The summed E-state index contributed by atoms with van der Waals surface area (Å²) in [6, 6.07) is -2.02. The summed E-state index contributed by atoms with van der Waals surface area (Å²) in [5.74, 6) is -0.762. The predicted molar refractivity (Wildman–Crippen MR) is 65.7 cm³/mol. The van der Waals surface area contributed by atoms with Crippen molar-refractivity contribution in [3.8, 4) is 0 Å². The van der Waals surface area contributed by atoms with Crippen LogP contribution in [0.3, 0.4) is 0 Å². The monoisotopic (exact) mass is 276 g/mol. The van der Waals surface area contributed by atoms with Crippen molar-refractivity contribution in [1.82, 2.24) is 10.6 Å². The van der Waals surface area contributed by atoms with E-state index in [1.54, 1.807) is 11.8 Å². The van der Waals surface area contributed by atoms with Gasteiger partial charge < -0.3 is 20.8 Å². The van der Waals surface area contributed by atoms with Crippen molar-refractivity contribution in [3.05, 3.63) is 0 Å². The number of carbonyl (C=O) groups excluding carboxylic acids is 1. The number of carboxylic acids is 2. The molecule has 1 saturated heterocycles. The number of amides is 2. The quantitative estimate of drug-likeness (QED) is 0.566. The molecule has 8 heteroatoms. The molecule has 0 aliphatic carbocycles. The molecule has 1 aliphatic rings. The third-order valence-electron chi connectivity index (χ3n) is 2.48. The highest BCUT2D eigenvalue weighted by Gasteiger charge is 2.24. The van der Waals surface area contributed by atoms with Gasteiger partial charge in [-0.25, -0.2) is 9.59 Å². The van der Waals surface area contributed by atoms with Crippen LogP contribution < -0.4 is 10.6 Å². The molecule has 1 aliphatic heterocycles. The van der Waals surface area contributed by atoms with Gasteiger partial charge in [0.1, 0.15) is 6.04 Å². The average Bonchev–Trinajstić information content (AvgIpc) is 2.28. The van der Waals surface area contributed by atoms with Crippen LogP contribution >= 0.6 is 11.8 Å². The van der Waals surface area contributed by atoms with Crippen LogP contribution in [0.1, 0.15) is 19.3 Å². The average molecular weight is 276 g/mol. The van der Waals surface area contributed by atoms with E-state index in [1.807, 2.05) is 0 Å². The number of hydrogen-bond donors (Lipinski definition) is 4. The highest BCUT2D eigenvalue weighted by Crippen LogP contribution is 2.16. The Morgan fingerprint density at radius 3 is 2.56 bits per heavy atom. The SMILES string of the molecule is O=C(O)C[C@@H](NC(=O)NC1CCCSC1)C(=O)O. The number of aliphatic carboxylic acids is 2. The van der Waals surface area contributed by atoms with E-state index in [9.17, 15) is 14.4 Å². The molecule has 2 atom stereocenters. The van der Waals surface area contributed by atoms with Gasteiger partial charge in [-0.2, -0.15) is 11.8 Å². The first kappa shape index (κ1) is 14.6. The Balaban J connectivity index is 2.40. The Morgan fingerprint density at radius 2 is 2.06 bits per heavy atom. The van der Waals surface area contributed by atoms with Gasteiger partial charge in [-0.15, -0.1) is 0 Å². The summed E-state index contributed by atoms with van der Waals surface area (Å²) in [6.45, 7) is 0. The summed E-state index contributed by atoms with van der Waals surface area (Å²) in [5, 5.41) is 22.1. The highest BCUT2D eigenvalue weighted by atomic mass is 32.2. The lowest BCUT2D eigenvalue weighted by atomic mass is 10.2. The Kier molecular flexibility index (Phi) is 5.76. The van der Waals surface area contributed by atoms with E-state index in [-0.39, 0.29) is 6.04 Å². The number of nitrogens with one attached hydrogen (secondary N) is 2. The van der Waals surface area contributed by atoms with Crippen molar-refractivity contribution in [2.45, 2.75) is 31.3 Å². The van der Waals surface area contributed by atoms with Crippen LogP contribution in [0.25, 0.3) is 0 Å². The molecule has 1 fully saturated rings. The Morgan fingerprint density at radius 1 is 1.33 bits per heavy atom. The van der Waals surface area contributed by atoms with Gasteiger partial charge in [0, 0.05) is 11.8 Å². The molecule has 1 heterocycles. The van der Waals surface area contributed by atoms with Crippen LogP contribution in [0.4, 0.5) is 4.79 Å². The maximum Gasteiger partial charge on any atom is 0.326 e. The molecule has 0 aromatic rings. The van der Waals surface area contributed by atoms with Gasteiger partial charge in [0.05, 0.1) is 6.42 Å². The Hall–Kier alpha value is -1.44. The minimum absolute atomic E-state index is 0.0167. The lowest BCUT2D eigenvalue weighted by Gasteiger charge is -2.23. The van der Waals surface area contributed by atoms with Crippen molar-refractivity contribution < 1.29 is 24.6 Å². The van der Waals surface area contributed by atoms with E-state index in [4.69, 9.17) is 10.2 Å². The van der Waals surface area contributed by atoms with Crippen LogP contribution in [0.2, 0.25) is 0 Å². The largest absolute Gasteiger partial charge is 0.481 e. The molecule has 0 aromatic carbocycles. The van der Waals surface area contributed by atoms with E-state index in [0.717, 1.165) is 24.3 Å². The summed E-state index contributed by atoms with van der Waals surface area (Å²) < 4.78 is 0. The molecule has 1 unspecified atom stereocenters. The molecule has 7 nitrogen and oxygen atoms in total. The first-order chi connectivity index (χ1) is 8.49. The molecule has 4 N–H and O–H groups in total. The predicted octanol–water partition coefficient (Wildman–Crippen LogP) is 0.109. The maximum atomic E-state index is 11.5. The lowest BCUT2D eigenvalue weighted by Crippen LogP contribution is -2.50. The van der Waals surface area contributed by atoms with E-state index < -0.39 is 30.4 Å². The zero-order valence-electron chi connectivity index (χ0n) is 9.72. The lowest BCUT2D eigenvalue weighted by molar-refractivity contribution is -0.145. The standard InChI is InChI=1S/C10H16N2O5S/c13-8(14)4-7(9(15)16)12-10(17)11-6-2-1-3-18-5-6/h6-7H,1-5H2,(H,13,14)(H,15,16)(H2,11,12,17)/t6?,7-/m1/s1. The second kappa shape index (κ2) is 7.10. The molecule has 0 saturated carbocycles. The third kappa shape index (κ3) is 5.26. The maximum absolute atomic E-state index is 11.5. The minimum Gasteiger partial charge on any atom is -0.481 e. The topological polar surface area (TPSA) is 116 Å². The molecule has 18 heavy (non-hydrogen) atoms. The molecule has 102 valence electrons. The number of carboxylic acid groups (broad SMARTS) is 2. The number of hydrogen-bond acceptors (Lipinski definition) is 4. The molecule has 0 spiro atoms. The zero-order valence-corrected chi connectivity index (χ0v) is 10.5. The van der Waals surface area contributed by atoms with Crippen molar-refractivity contribution >= 4 is 29.7 Å². The first-order valence-electron chi connectivity index (χ1n) is 5.58. The van der Waals surface area contributed by atoms with Crippen molar-refractivity contribution in [2.75, 3.05) is 11.5 Å². The number of urea groups is 1. The second-order valence-electron chi connectivity index (χ2n) is 4.02. The van der Waals surface area contributed by atoms with Crippen molar-refractivity contribution in [2.24, 2.45) is 0 Å². The molecular formula is C10H16N2O5S. The van der Waals surface area contributed by atoms with Crippen LogP contribution in [-0.4, -0.2) is 51.8 Å². The van der Waals surface area contributed by atoms with Crippen LogP contribution in [0.5, 0.6) is 0 Å². The summed E-state index contributed by atoms with van der Waals surface area (Å²) in [4.78, 5) is 32.7. The number of rotatable bonds is 5. The fourth-order valence-electron chi connectivity index (χ4n) is 1.61. The molecular weight excluding hydrogens is 260 g/mol. The van der Waals surface area contributed by atoms with Crippen LogP contribution in [0, 0.1) is 0 Å². The van der Waals surface area contributed by atoms with Gasteiger partial charge in [-0.1, -0.05) is 0 Å². The summed E-state index contributed by atoms with van der Waals surface area (Å²) in [5.41, 5.74) is 0. The van der Waals surface area contributed by atoms with Crippen LogP contribution in [-0.2, 0) is 9.59 Å². The highest BCUT2D eigenvalue weighted by molar-refractivity contribution is 7.99. The summed E-state index contributed by atoms with van der Waals surface area (Å²) in [7, 11) is 0. The van der Waals surface area contributed by atoms with Gasteiger partial charge in [-0.05, 0) is 18.6 Å². The van der Waals surface area contributed by atoms with Gasteiger partial charge in [0.25, 0.3) is 0 Å². The number of thioether (sulfide) groups is 1. The molecule has 0 bridgehead atoms. The van der Waals surface area contributed by atoms with Gasteiger partial charge in [-0.3, -0.25) is 4.79 Å². The van der Waals surface area contributed by atoms with Crippen molar-refractivity contribution in [3.63, 3.8) is 0 Å². The van der Waals surface area contributed by atoms with Crippen molar-refractivity contribution in [1.29, 1.82) is 0 Å². The zero-order chi connectivity index (χ0) is 13.5. The van der Waals surface area contributed by atoms with Gasteiger partial charge >= 0.3 is 18.0 Å². The Labute approximate surface area is 108 Å². The summed E-state index contributed by atoms with van der Waals surface area (Å²) >= 11 is 1.73. The fourth-order valence-corrected chi connectivity index (χ4v) is 2.69. The number of carbonyl (C=O) groups is 3. The van der Waals surface area contributed by atoms with E-state index in [0.29, 0.717) is 0 Å². The Bertz CT molecular complexity index is 330. The first-order valence-corrected chi connectivity index (χ1v) is 6.74. The van der Waals surface area contributed by atoms with E-state index >= 15 is 0 Å². The molecule has 0 aromatic heterocycles. The molecule has 1 rings (SSSR count). The molecule has 0 radical (unpaired) electrons. The fraction of sp³-hybridized carbons (Fsp3) is 0.700. The third-order valence-corrected chi connectivity index (χ3v) is 3.69. The summed E-state index contributed by atoms with van der Waals surface area (Å²) in [6.07, 6.45) is 1.23. The van der Waals surface area contributed by atoms with Crippen LogP contribution in [0.15, 0.2) is 0 Å². The molecule has 2 amide bonds. The smallest absolute Gasteiger partial charge is 0.326 e. The van der Waals surface area contributed by atoms with Gasteiger partial charge in [0.2, 0.25) is 0 Å². The second-order valence-corrected chi connectivity index (χ2v) is 5.17. The minimum atomic E-state index is -1.40. The normalized spacial score (nSPS) is 20.8. The van der Waals surface area contributed by atoms with E-state index in [2.05, 4.69) is 10.6 Å². The van der Waals surface area contributed by atoms with E-state index in [1.165, 1.54) is 0 Å².